The van der Waals surface area contributed by atoms with Gasteiger partial charge in [-0.15, -0.1) is 0 Å². The lowest BCUT2D eigenvalue weighted by molar-refractivity contribution is -0.143. The standard InChI is InChI=1S/C21H30N2O3/c1-7-8-16-17(19(24)26-13(2)3)18(23-20(25)22-16)14-9-11-15(12-10-14)21(4,5)6/h9-13,18H,7-8H2,1-6H3,(H2,22,23,25). The molecule has 0 saturated carbocycles. The Hall–Kier alpha value is -2.30. The van der Waals surface area contributed by atoms with Gasteiger partial charge in [0.05, 0.1) is 17.7 Å². The number of hydrogen-bond donors (Lipinski definition) is 2. The van der Waals surface area contributed by atoms with Crippen LogP contribution in [0.5, 0.6) is 0 Å². The fourth-order valence-electron chi connectivity index (χ4n) is 3.01. The van der Waals surface area contributed by atoms with Crippen LogP contribution < -0.4 is 10.6 Å². The number of amides is 2. The van der Waals surface area contributed by atoms with Crippen molar-refractivity contribution < 1.29 is 14.3 Å². The van der Waals surface area contributed by atoms with Crippen molar-refractivity contribution in [2.75, 3.05) is 0 Å². The molecule has 2 amide bonds. The molecule has 0 fully saturated rings. The van der Waals surface area contributed by atoms with Crippen molar-refractivity contribution in [3.8, 4) is 0 Å². The number of esters is 1. The minimum absolute atomic E-state index is 0.0402. The quantitative estimate of drug-likeness (QED) is 0.769. The van der Waals surface area contributed by atoms with Gasteiger partial charge in [0.25, 0.3) is 0 Å². The van der Waals surface area contributed by atoms with Crippen molar-refractivity contribution in [2.45, 2.75) is 71.9 Å². The number of carbonyl (C=O) groups excluding carboxylic acids is 2. The smallest absolute Gasteiger partial charge is 0.338 e. The molecule has 5 nitrogen and oxygen atoms in total. The summed E-state index contributed by atoms with van der Waals surface area (Å²) in [6.45, 7) is 12.1. The van der Waals surface area contributed by atoms with E-state index in [9.17, 15) is 9.59 Å². The molecule has 1 heterocycles. The number of benzene rings is 1. The average Bonchev–Trinajstić information content (AvgIpc) is 2.53. The second kappa shape index (κ2) is 7.94. The van der Waals surface area contributed by atoms with Gasteiger partial charge in [0.1, 0.15) is 0 Å². The van der Waals surface area contributed by atoms with Gasteiger partial charge >= 0.3 is 12.0 Å². The van der Waals surface area contributed by atoms with E-state index >= 15 is 0 Å². The third kappa shape index (κ3) is 4.65. The SMILES string of the molecule is CCCC1=C(C(=O)OC(C)C)C(c2ccc(C(C)(C)C)cc2)NC(=O)N1. The summed E-state index contributed by atoms with van der Waals surface area (Å²) in [4.78, 5) is 24.9. The van der Waals surface area contributed by atoms with Crippen molar-refractivity contribution in [2.24, 2.45) is 0 Å². The van der Waals surface area contributed by atoms with E-state index < -0.39 is 6.04 Å². The lowest BCUT2D eigenvalue weighted by Crippen LogP contribution is -2.46. The molecule has 5 heteroatoms. The predicted molar refractivity (Wildman–Crippen MR) is 103 cm³/mol. The number of rotatable bonds is 5. The Morgan fingerprint density at radius 2 is 1.81 bits per heavy atom. The van der Waals surface area contributed by atoms with Gasteiger partial charge in [-0.05, 0) is 36.8 Å². The summed E-state index contributed by atoms with van der Waals surface area (Å²) >= 11 is 0. The van der Waals surface area contributed by atoms with E-state index in [1.165, 1.54) is 5.56 Å². The van der Waals surface area contributed by atoms with Crippen molar-refractivity contribution in [3.05, 3.63) is 46.7 Å². The molecule has 142 valence electrons. The molecule has 0 spiro atoms. The van der Waals surface area contributed by atoms with Crippen LogP contribution in [0.1, 0.15) is 71.6 Å². The second-order valence-corrected chi connectivity index (χ2v) is 8.00. The van der Waals surface area contributed by atoms with E-state index in [4.69, 9.17) is 4.74 Å². The van der Waals surface area contributed by atoms with Gasteiger partial charge in [-0.3, -0.25) is 0 Å². The first-order chi connectivity index (χ1) is 12.1. The highest BCUT2D eigenvalue weighted by atomic mass is 16.5. The van der Waals surface area contributed by atoms with E-state index in [1.807, 2.05) is 32.9 Å². The first-order valence-corrected chi connectivity index (χ1v) is 9.25. The normalized spacial score (nSPS) is 17.8. The van der Waals surface area contributed by atoms with E-state index in [0.29, 0.717) is 17.7 Å². The van der Waals surface area contributed by atoms with Crippen LogP contribution in [0.3, 0.4) is 0 Å². The number of urea groups is 1. The Balaban J connectivity index is 2.46. The van der Waals surface area contributed by atoms with Gasteiger partial charge in [0.15, 0.2) is 0 Å². The minimum Gasteiger partial charge on any atom is -0.459 e. The molecule has 1 aromatic carbocycles. The highest BCUT2D eigenvalue weighted by Crippen LogP contribution is 2.31. The molecule has 0 saturated heterocycles. The van der Waals surface area contributed by atoms with Gasteiger partial charge in [-0.25, -0.2) is 9.59 Å². The van der Waals surface area contributed by atoms with Crippen LogP contribution in [0.4, 0.5) is 4.79 Å². The van der Waals surface area contributed by atoms with Crippen LogP contribution in [0.15, 0.2) is 35.5 Å². The Bertz CT molecular complexity index is 697. The lowest BCUT2D eigenvalue weighted by atomic mass is 9.85. The number of ether oxygens (including phenoxy) is 1. The summed E-state index contributed by atoms with van der Waals surface area (Å²) in [6.07, 6.45) is 1.22. The van der Waals surface area contributed by atoms with Gasteiger partial charge in [-0.1, -0.05) is 58.4 Å². The van der Waals surface area contributed by atoms with Gasteiger partial charge < -0.3 is 15.4 Å². The molecule has 0 radical (unpaired) electrons. The monoisotopic (exact) mass is 358 g/mol. The van der Waals surface area contributed by atoms with Crippen LogP contribution >= 0.6 is 0 Å². The van der Waals surface area contributed by atoms with E-state index in [1.54, 1.807) is 0 Å². The van der Waals surface area contributed by atoms with Crippen molar-refractivity contribution in [1.82, 2.24) is 10.6 Å². The van der Waals surface area contributed by atoms with Crippen LogP contribution in [0.25, 0.3) is 0 Å². The van der Waals surface area contributed by atoms with Crippen molar-refractivity contribution in [1.29, 1.82) is 0 Å². The van der Waals surface area contributed by atoms with Crippen LogP contribution in [0, 0.1) is 0 Å². The Kier molecular flexibility index (Phi) is 6.11. The maximum absolute atomic E-state index is 12.7. The van der Waals surface area contributed by atoms with Gasteiger partial charge in [0.2, 0.25) is 0 Å². The maximum Gasteiger partial charge on any atom is 0.338 e. The zero-order valence-corrected chi connectivity index (χ0v) is 16.6. The van der Waals surface area contributed by atoms with Crippen LogP contribution in [-0.4, -0.2) is 18.1 Å². The zero-order chi connectivity index (χ0) is 19.5. The summed E-state index contributed by atoms with van der Waals surface area (Å²) in [7, 11) is 0. The molecule has 1 unspecified atom stereocenters. The Labute approximate surface area is 156 Å². The zero-order valence-electron chi connectivity index (χ0n) is 16.6. The first-order valence-electron chi connectivity index (χ1n) is 9.25. The topological polar surface area (TPSA) is 67.4 Å². The first kappa shape index (κ1) is 20.0. The van der Waals surface area contributed by atoms with Gasteiger partial charge in [-0.2, -0.15) is 0 Å². The number of carbonyl (C=O) groups is 2. The molecular weight excluding hydrogens is 328 g/mol. The van der Waals surface area contributed by atoms with Crippen molar-refractivity contribution >= 4 is 12.0 Å². The fourth-order valence-corrected chi connectivity index (χ4v) is 3.01. The molecule has 2 N–H and O–H groups in total. The highest BCUT2D eigenvalue weighted by Gasteiger charge is 2.33. The number of allylic oxidation sites excluding steroid dienone is 1. The summed E-state index contributed by atoms with van der Waals surface area (Å²) in [5.41, 5.74) is 3.25. The summed E-state index contributed by atoms with van der Waals surface area (Å²) in [6, 6.07) is 7.25. The molecule has 0 aromatic heterocycles. The summed E-state index contributed by atoms with van der Waals surface area (Å²) in [5, 5.41) is 5.66. The largest absolute Gasteiger partial charge is 0.459 e. The molecule has 1 aliphatic heterocycles. The molecule has 2 rings (SSSR count). The second-order valence-electron chi connectivity index (χ2n) is 8.00. The number of nitrogens with one attached hydrogen (secondary N) is 2. The van der Waals surface area contributed by atoms with E-state index in [0.717, 1.165) is 12.0 Å². The molecule has 1 atom stereocenters. The van der Waals surface area contributed by atoms with Gasteiger partial charge in [0, 0.05) is 5.70 Å². The third-order valence-corrected chi connectivity index (χ3v) is 4.33. The fraction of sp³-hybridized carbons (Fsp3) is 0.524. The molecule has 1 aromatic rings. The third-order valence-electron chi connectivity index (χ3n) is 4.33. The highest BCUT2D eigenvalue weighted by molar-refractivity contribution is 5.95. The summed E-state index contributed by atoms with van der Waals surface area (Å²) < 4.78 is 5.44. The molecular formula is C21H30N2O3. The summed E-state index contributed by atoms with van der Waals surface area (Å²) in [5.74, 6) is -0.388. The maximum atomic E-state index is 12.7. The Morgan fingerprint density at radius 1 is 1.19 bits per heavy atom. The average molecular weight is 358 g/mol. The predicted octanol–water partition coefficient (Wildman–Crippen LogP) is 4.34. The minimum atomic E-state index is -0.509. The Morgan fingerprint density at radius 3 is 2.31 bits per heavy atom. The molecule has 26 heavy (non-hydrogen) atoms. The number of hydrogen-bond acceptors (Lipinski definition) is 3. The molecule has 0 aliphatic carbocycles. The van der Waals surface area contributed by atoms with Crippen molar-refractivity contribution in [3.63, 3.8) is 0 Å². The van der Waals surface area contributed by atoms with Crippen LogP contribution in [-0.2, 0) is 14.9 Å². The van der Waals surface area contributed by atoms with E-state index in [2.05, 4.69) is 43.5 Å². The van der Waals surface area contributed by atoms with Crippen LogP contribution in [0.2, 0.25) is 0 Å². The lowest BCUT2D eigenvalue weighted by Gasteiger charge is -2.30. The van der Waals surface area contributed by atoms with E-state index in [-0.39, 0.29) is 23.5 Å². The molecule has 0 bridgehead atoms. The molecule has 1 aliphatic rings.